The average molecular weight is 352 g/mol. The Kier molecular flexibility index (Phi) is 4.65. The average Bonchev–Trinajstić information content (AvgIpc) is 2.96. The minimum absolute atomic E-state index is 0.214. The maximum atomic E-state index is 12.5. The van der Waals surface area contributed by atoms with Crippen molar-refractivity contribution in [2.24, 2.45) is 5.92 Å². The van der Waals surface area contributed by atoms with Gasteiger partial charge in [0, 0.05) is 11.6 Å². The van der Waals surface area contributed by atoms with E-state index in [1.807, 2.05) is 18.2 Å². The first-order chi connectivity index (χ1) is 10.2. The lowest BCUT2D eigenvalue weighted by molar-refractivity contribution is 0.0777. The predicted molar refractivity (Wildman–Crippen MR) is 87.0 cm³/mol. The topological polar surface area (TPSA) is 29.5 Å². The Morgan fingerprint density at radius 2 is 2.14 bits per heavy atom. The molecule has 0 bridgehead atoms. The number of likely N-dealkylation sites (tertiary alicyclic amines) is 1. The highest BCUT2D eigenvalue weighted by atomic mass is 79.9. The molecule has 1 aromatic carbocycles. The summed E-state index contributed by atoms with van der Waals surface area (Å²) in [6.07, 6.45) is 6.53. The lowest BCUT2D eigenvalue weighted by atomic mass is 9.91. The van der Waals surface area contributed by atoms with Gasteiger partial charge in [-0.3, -0.25) is 9.69 Å². The lowest BCUT2D eigenvalue weighted by Gasteiger charge is -2.37. The van der Waals surface area contributed by atoms with Crippen LogP contribution in [-0.2, 0) is 0 Å². The first kappa shape index (κ1) is 15.0. The van der Waals surface area contributed by atoms with Crippen molar-refractivity contribution < 1.29 is 9.53 Å². The second kappa shape index (κ2) is 6.49. The first-order valence-corrected chi connectivity index (χ1v) is 8.59. The Balaban J connectivity index is 1.69. The van der Waals surface area contributed by atoms with Crippen molar-refractivity contribution >= 4 is 21.7 Å². The van der Waals surface area contributed by atoms with Crippen molar-refractivity contribution in [2.75, 3.05) is 20.2 Å². The number of hydrogen-bond donors (Lipinski definition) is 0. The quantitative estimate of drug-likeness (QED) is 0.770. The standard InChI is InChI=1S/C17H22BrNO2/c1-21-17-8-7-13(10-14(17)18)16(20)11-19-9-3-5-12-4-2-6-15(12)19/h7-8,10,12,15H,2-6,9,11H2,1H3. The minimum Gasteiger partial charge on any atom is -0.496 e. The molecule has 1 aliphatic heterocycles. The van der Waals surface area contributed by atoms with E-state index in [1.165, 1.54) is 32.1 Å². The molecular formula is C17H22BrNO2. The van der Waals surface area contributed by atoms with E-state index in [2.05, 4.69) is 20.8 Å². The van der Waals surface area contributed by atoms with E-state index in [-0.39, 0.29) is 5.78 Å². The molecule has 0 aromatic heterocycles. The van der Waals surface area contributed by atoms with Crippen LogP contribution in [0.15, 0.2) is 22.7 Å². The second-order valence-corrected chi connectivity index (χ2v) is 7.00. The van der Waals surface area contributed by atoms with Crippen LogP contribution in [0.25, 0.3) is 0 Å². The van der Waals surface area contributed by atoms with Gasteiger partial charge >= 0.3 is 0 Å². The van der Waals surface area contributed by atoms with Gasteiger partial charge < -0.3 is 4.74 Å². The van der Waals surface area contributed by atoms with Crippen molar-refractivity contribution in [1.29, 1.82) is 0 Å². The molecule has 3 rings (SSSR count). The number of halogens is 1. The molecule has 3 nitrogen and oxygen atoms in total. The number of carbonyl (C=O) groups excluding carboxylic acids is 1. The Bertz CT molecular complexity index is 532. The lowest BCUT2D eigenvalue weighted by Crippen LogP contribution is -2.45. The van der Waals surface area contributed by atoms with Crippen molar-refractivity contribution in [3.8, 4) is 5.75 Å². The van der Waals surface area contributed by atoms with E-state index in [1.54, 1.807) is 7.11 Å². The number of benzene rings is 1. The van der Waals surface area contributed by atoms with E-state index in [4.69, 9.17) is 4.74 Å². The van der Waals surface area contributed by atoms with Crippen LogP contribution in [0.5, 0.6) is 5.75 Å². The van der Waals surface area contributed by atoms with E-state index < -0.39 is 0 Å². The Labute approximate surface area is 134 Å². The Hall–Kier alpha value is -0.870. The van der Waals surface area contributed by atoms with Crippen LogP contribution in [0.1, 0.15) is 42.5 Å². The summed E-state index contributed by atoms with van der Waals surface area (Å²) in [5, 5.41) is 0. The van der Waals surface area contributed by atoms with Gasteiger partial charge in [-0.05, 0) is 72.3 Å². The first-order valence-electron chi connectivity index (χ1n) is 7.80. The van der Waals surface area contributed by atoms with Crippen molar-refractivity contribution in [2.45, 2.75) is 38.1 Å². The molecular weight excluding hydrogens is 330 g/mol. The van der Waals surface area contributed by atoms with Crippen LogP contribution in [0.2, 0.25) is 0 Å². The van der Waals surface area contributed by atoms with Crippen molar-refractivity contribution in [3.05, 3.63) is 28.2 Å². The normalized spacial score (nSPS) is 25.6. The smallest absolute Gasteiger partial charge is 0.176 e. The van der Waals surface area contributed by atoms with Gasteiger partial charge in [0.1, 0.15) is 5.75 Å². The van der Waals surface area contributed by atoms with Crippen LogP contribution in [0.3, 0.4) is 0 Å². The summed E-state index contributed by atoms with van der Waals surface area (Å²) in [5.74, 6) is 1.81. The van der Waals surface area contributed by atoms with Crippen LogP contribution in [-0.4, -0.2) is 36.9 Å². The number of ketones is 1. The van der Waals surface area contributed by atoms with Gasteiger partial charge in [-0.15, -0.1) is 0 Å². The van der Waals surface area contributed by atoms with Crippen molar-refractivity contribution in [3.63, 3.8) is 0 Å². The van der Waals surface area contributed by atoms with E-state index in [0.717, 1.165) is 28.2 Å². The summed E-state index contributed by atoms with van der Waals surface area (Å²) in [7, 11) is 1.63. The molecule has 2 aliphatic rings. The molecule has 4 heteroatoms. The van der Waals surface area contributed by atoms with Crippen LogP contribution in [0, 0.1) is 5.92 Å². The zero-order chi connectivity index (χ0) is 14.8. The molecule has 1 aromatic rings. The zero-order valence-electron chi connectivity index (χ0n) is 12.5. The fraction of sp³-hybridized carbons (Fsp3) is 0.588. The molecule has 1 saturated carbocycles. The predicted octanol–water partition coefficient (Wildman–Crippen LogP) is 3.90. The van der Waals surface area contributed by atoms with Gasteiger partial charge in [-0.25, -0.2) is 0 Å². The fourth-order valence-electron chi connectivity index (χ4n) is 3.87. The summed E-state index contributed by atoms with van der Waals surface area (Å²) in [4.78, 5) is 15.0. The number of fused-ring (bicyclic) bond motifs is 1. The molecule has 1 heterocycles. The Morgan fingerprint density at radius 1 is 1.33 bits per heavy atom. The molecule has 2 unspecified atom stereocenters. The maximum Gasteiger partial charge on any atom is 0.176 e. The molecule has 0 N–H and O–H groups in total. The van der Waals surface area contributed by atoms with Crippen LogP contribution < -0.4 is 4.74 Å². The third kappa shape index (κ3) is 3.16. The fourth-order valence-corrected chi connectivity index (χ4v) is 4.41. The van der Waals surface area contributed by atoms with E-state index in [9.17, 15) is 4.79 Å². The number of carbonyl (C=O) groups is 1. The Morgan fingerprint density at radius 3 is 2.90 bits per heavy atom. The number of piperidine rings is 1. The summed E-state index contributed by atoms with van der Waals surface area (Å²) in [6, 6.07) is 6.23. The van der Waals surface area contributed by atoms with Crippen LogP contribution in [0.4, 0.5) is 0 Å². The third-order valence-electron chi connectivity index (χ3n) is 4.93. The number of nitrogens with zero attached hydrogens (tertiary/aromatic N) is 1. The number of methoxy groups -OCH3 is 1. The minimum atomic E-state index is 0.214. The van der Waals surface area contributed by atoms with Gasteiger partial charge in [0.15, 0.2) is 5.78 Å². The molecule has 21 heavy (non-hydrogen) atoms. The molecule has 2 atom stereocenters. The monoisotopic (exact) mass is 351 g/mol. The molecule has 0 spiro atoms. The number of rotatable bonds is 4. The van der Waals surface area contributed by atoms with E-state index in [0.29, 0.717) is 12.6 Å². The molecule has 114 valence electrons. The summed E-state index contributed by atoms with van der Waals surface area (Å²) >= 11 is 3.46. The van der Waals surface area contributed by atoms with Gasteiger partial charge in [0.05, 0.1) is 18.1 Å². The zero-order valence-corrected chi connectivity index (χ0v) is 14.1. The number of ether oxygens (including phenoxy) is 1. The van der Waals surface area contributed by atoms with Gasteiger partial charge in [0.25, 0.3) is 0 Å². The highest BCUT2D eigenvalue weighted by Gasteiger charge is 2.35. The molecule has 0 amide bonds. The van der Waals surface area contributed by atoms with Gasteiger partial charge in [-0.2, -0.15) is 0 Å². The number of Topliss-reactive ketones (excluding diaryl/α,β-unsaturated/α-hetero) is 1. The summed E-state index contributed by atoms with van der Waals surface area (Å²) in [6.45, 7) is 1.63. The van der Waals surface area contributed by atoms with E-state index >= 15 is 0 Å². The van der Waals surface area contributed by atoms with Crippen LogP contribution >= 0.6 is 15.9 Å². The maximum absolute atomic E-state index is 12.5. The van der Waals surface area contributed by atoms with Crippen molar-refractivity contribution in [1.82, 2.24) is 4.90 Å². The summed E-state index contributed by atoms with van der Waals surface area (Å²) < 4.78 is 6.06. The highest BCUT2D eigenvalue weighted by Crippen LogP contribution is 2.36. The summed E-state index contributed by atoms with van der Waals surface area (Å²) in [5.41, 5.74) is 0.766. The highest BCUT2D eigenvalue weighted by molar-refractivity contribution is 9.10. The molecule has 0 radical (unpaired) electrons. The van der Waals surface area contributed by atoms with Gasteiger partial charge in [-0.1, -0.05) is 6.42 Å². The molecule has 1 aliphatic carbocycles. The molecule has 2 fully saturated rings. The SMILES string of the molecule is COc1ccc(C(=O)CN2CCCC3CCCC32)cc1Br. The second-order valence-electron chi connectivity index (χ2n) is 6.14. The largest absolute Gasteiger partial charge is 0.496 e. The third-order valence-corrected chi connectivity index (χ3v) is 5.55. The number of hydrogen-bond acceptors (Lipinski definition) is 3. The molecule has 1 saturated heterocycles. The van der Waals surface area contributed by atoms with Gasteiger partial charge in [0.2, 0.25) is 0 Å².